The Morgan fingerprint density at radius 3 is 2.33 bits per heavy atom. The summed E-state index contributed by atoms with van der Waals surface area (Å²) >= 11 is 5.20. The second-order valence-corrected chi connectivity index (χ2v) is 5.80. The van der Waals surface area contributed by atoms with Crippen molar-refractivity contribution in [3.8, 4) is 5.75 Å². The Kier molecular flexibility index (Phi) is 4.96. The van der Waals surface area contributed by atoms with Gasteiger partial charge in [0.1, 0.15) is 5.75 Å². The molecule has 0 spiro atoms. The number of anilines is 1. The van der Waals surface area contributed by atoms with Crippen LogP contribution >= 0.6 is 27.7 Å². The van der Waals surface area contributed by atoms with Crippen LogP contribution in [0.15, 0.2) is 57.9 Å². The second-order valence-electron chi connectivity index (χ2n) is 3.72. The van der Waals surface area contributed by atoms with Crippen LogP contribution in [0.2, 0.25) is 0 Å². The number of halogens is 1. The Hall–Kier alpha value is -1.13. The molecule has 0 aliphatic rings. The van der Waals surface area contributed by atoms with E-state index in [1.165, 1.54) is 4.90 Å². The van der Waals surface area contributed by atoms with Crippen LogP contribution in [0.1, 0.15) is 0 Å². The lowest BCUT2D eigenvalue weighted by Crippen LogP contribution is -2.00. The van der Waals surface area contributed by atoms with E-state index < -0.39 is 0 Å². The van der Waals surface area contributed by atoms with Crippen molar-refractivity contribution in [3.05, 3.63) is 53.0 Å². The third-order valence-electron chi connectivity index (χ3n) is 2.31. The number of hydrogen-bond donors (Lipinski definition) is 1. The molecule has 18 heavy (non-hydrogen) atoms. The van der Waals surface area contributed by atoms with Crippen LogP contribution in [0.4, 0.5) is 5.69 Å². The van der Waals surface area contributed by atoms with Gasteiger partial charge >= 0.3 is 0 Å². The van der Waals surface area contributed by atoms with E-state index in [4.69, 9.17) is 10.5 Å². The molecule has 0 aliphatic heterocycles. The number of nitrogens with two attached hydrogens (primary N) is 1. The topological polar surface area (TPSA) is 35.2 Å². The number of rotatable bonds is 5. The highest BCUT2D eigenvalue weighted by Crippen LogP contribution is 2.21. The summed E-state index contributed by atoms with van der Waals surface area (Å²) in [5.41, 5.74) is 6.36. The number of thioether (sulfide) groups is 1. The summed E-state index contributed by atoms with van der Waals surface area (Å²) in [6.07, 6.45) is 0. The van der Waals surface area contributed by atoms with Gasteiger partial charge in [-0.2, -0.15) is 0 Å². The van der Waals surface area contributed by atoms with Gasteiger partial charge in [0, 0.05) is 20.8 Å². The minimum absolute atomic E-state index is 0.685. The van der Waals surface area contributed by atoms with Gasteiger partial charge in [0.05, 0.1) is 6.61 Å². The van der Waals surface area contributed by atoms with Crippen molar-refractivity contribution in [2.45, 2.75) is 4.90 Å². The van der Waals surface area contributed by atoms with E-state index in [2.05, 4.69) is 28.1 Å². The normalized spacial score (nSPS) is 10.3. The third kappa shape index (κ3) is 4.27. The van der Waals surface area contributed by atoms with Gasteiger partial charge in [0.15, 0.2) is 0 Å². The Balaban J connectivity index is 1.73. The van der Waals surface area contributed by atoms with E-state index in [0.29, 0.717) is 6.61 Å². The molecule has 0 aromatic heterocycles. The molecule has 0 amide bonds. The molecule has 2 aromatic carbocycles. The fraction of sp³-hybridized carbons (Fsp3) is 0.143. The highest BCUT2D eigenvalue weighted by Gasteiger charge is 1.96. The maximum atomic E-state index is 5.62. The van der Waals surface area contributed by atoms with E-state index in [1.54, 1.807) is 11.8 Å². The van der Waals surface area contributed by atoms with Crippen LogP contribution in [0.5, 0.6) is 5.75 Å². The first-order chi connectivity index (χ1) is 8.74. The quantitative estimate of drug-likeness (QED) is 0.508. The van der Waals surface area contributed by atoms with Crippen LogP contribution in [-0.2, 0) is 0 Å². The van der Waals surface area contributed by atoms with Crippen molar-refractivity contribution in [1.82, 2.24) is 0 Å². The minimum Gasteiger partial charge on any atom is -0.493 e. The number of ether oxygens (including phenoxy) is 1. The Morgan fingerprint density at radius 2 is 1.67 bits per heavy atom. The number of hydrogen-bond acceptors (Lipinski definition) is 3. The highest BCUT2D eigenvalue weighted by atomic mass is 79.9. The average molecular weight is 324 g/mol. The van der Waals surface area contributed by atoms with E-state index in [1.807, 2.05) is 36.4 Å². The van der Waals surface area contributed by atoms with E-state index in [-0.39, 0.29) is 0 Å². The lowest BCUT2D eigenvalue weighted by molar-refractivity contribution is 0.344. The van der Waals surface area contributed by atoms with Crippen molar-refractivity contribution in [1.29, 1.82) is 0 Å². The zero-order valence-corrected chi connectivity index (χ0v) is 12.2. The van der Waals surface area contributed by atoms with Gasteiger partial charge in [0.2, 0.25) is 0 Å². The first-order valence-electron chi connectivity index (χ1n) is 5.61. The van der Waals surface area contributed by atoms with Gasteiger partial charge in [0.25, 0.3) is 0 Å². The zero-order chi connectivity index (χ0) is 12.8. The molecular weight excluding hydrogens is 310 g/mol. The van der Waals surface area contributed by atoms with E-state index >= 15 is 0 Å². The van der Waals surface area contributed by atoms with Gasteiger partial charge < -0.3 is 10.5 Å². The Labute approximate surface area is 120 Å². The summed E-state index contributed by atoms with van der Waals surface area (Å²) in [6.45, 7) is 0.685. The molecule has 2 nitrogen and oxygen atoms in total. The van der Waals surface area contributed by atoms with Crippen LogP contribution in [0.3, 0.4) is 0 Å². The average Bonchev–Trinajstić information content (AvgIpc) is 2.39. The minimum atomic E-state index is 0.685. The summed E-state index contributed by atoms with van der Waals surface area (Å²) in [5.74, 6) is 1.78. The Bertz CT molecular complexity index is 437. The van der Waals surface area contributed by atoms with Crippen LogP contribution in [-0.4, -0.2) is 12.4 Å². The van der Waals surface area contributed by atoms with Gasteiger partial charge in [-0.05, 0) is 48.5 Å². The second kappa shape index (κ2) is 6.71. The smallest absolute Gasteiger partial charge is 0.119 e. The molecule has 0 aliphatic carbocycles. The summed E-state index contributed by atoms with van der Waals surface area (Å²) in [5, 5.41) is 0. The highest BCUT2D eigenvalue weighted by molar-refractivity contribution is 9.10. The maximum absolute atomic E-state index is 5.62. The van der Waals surface area contributed by atoms with Crippen molar-refractivity contribution in [3.63, 3.8) is 0 Å². The molecule has 0 radical (unpaired) electrons. The Morgan fingerprint density at radius 1 is 1.00 bits per heavy atom. The molecular formula is C14H14BrNOS. The largest absolute Gasteiger partial charge is 0.493 e. The van der Waals surface area contributed by atoms with E-state index in [9.17, 15) is 0 Å². The molecule has 2 rings (SSSR count). The molecule has 0 atom stereocenters. The molecule has 4 heteroatoms. The van der Waals surface area contributed by atoms with Crippen LogP contribution in [0, 0.1) is 0 Å². The molecule has 94 valence electrons. The van der Waals surface area contributed by atoms with Crippen LogP contribution < -0.4 is 10.5 Å². The first kappa shape index (κ1) is 13.3. The van der Waals surface area contributed by atoms with Crippen molar-refractivity contribution < 1.29 is 4.74 Å². The molecule has 0 heterocycles. The maximum Gasteiger partial charge on any atom is 0.119 e. The van der Waals surface area contributed by atoms with Gasteiger partial charge in [-0.15, -0.1) is 11.8 Å². The van der Waals surface area contributed by atoms with Crippen molar-refractivity contribution in [2.75, 3.05) is 18.1 Å². The summed E-state index contributed by atoms with van der Waals surface area (Å²) in [6, 6.07) is 15.7. The fourth-order valence-corrected chi connectivity index (χ4v) is 2.41. The first-order valence-corrected chi connectivity index (χ1v) is 7.38. The summed E-state index contributed by atoms with van der Waals surface area (Å²) in [4.78, 5) is 1.25. The molecule has 0 bridgehead atoms. The predicted molar refractivity (Wildman–Crippen MR) is 81.2 cm³/mol. The molecule has 0 fully saturated rings. The van der Waals surface area contributed by atoms with Gasteiger partial charge in [-0.25, -0.2) is 0 Å². The SMILES string of the molecule is Nc1ccc(OCCSc2ccc(Br)cc2)cc1. The molecule has 0 saturated carbocycles. The molecule has 2 N–H and O–H groups in total. The summed E-state index contributed by atoms with van der Waals surface area (Å²) < 4.78 is 6.72. The molecule has 0 unspecified atom stereocenters. The number of nitrogen functional groups attached to an aromatic ring is 1. The number of benzene rings is 2. The zero-order valence-electron chi connectivity index (χ0n) is 9.80. The standard InChI is InChI=1S/C14H14BrNOS/c15-11-1-7-14(8-2-11)18-10-9-17-13-5-3-12(16)4-6-13/h1-8H,9-10,16H2. The van der Waals surface area contributed by atoms with Crippen molar-refractivity contribution in [2.24, 2.45) is 0 Å². The van der Waals surface area contributed by atoms with Crippen LogP contribution in [0.25, 0.3) is 0 Å². The molecule has 0 saturated heterocycles. The monoisotopic (exact) mass is 323 g/mol. The van der Waals surface area contributed by atoms with Gasteiger partial charge in [-0.3, -0.25) is 0 Å². The predicted octanol–water partition coefficient (Wildman–Crippen LogP) is 4.20. The lowest BCUT2D eigenvalue weighted by atomic mass is 10.3. The van der Waals surface area contributed by atoms with Crippen molar-refractivity contribution >= 4 is 33.4 Å². The fourth-order valence-electron chi connectivity index (χ4n) is 1.41. The lowest BCUT2D eigenvalue weighted by Gasteiger charge is -2.06. The molecule has 2 aromatic rings. The third-order valence-corrected chi connectivity index (χ3v) is 3.82. The van der Waals surface area contributed by atoms with Gasteiger partial charge in [-0.1, -0.05) is 15.9 Å². The van der Waals surface area contributed by atoms with E-state index in [0.717, 1.165) is 21.7 Å². The summed E-state index contributed by atoms with van der Waals surface area (Å²) in [7, 11) is 0.